The highest BCUT2D eigenvalue weighted by molar-refractivity contribution is 5.94. The standard InChI is InChI=1S/C22H36N8O4/c31-13-15(33)11-23-19-18-17(25-21(27-19)29-7-3-1-4-8-29)20(24-12-16(34)14-32)28-22(26-18)30-9-5-2-6-10-30/h15-16,31-34H,1-14H2,(H,23,25,27)(H,24,26,28). The van der Waals surface area contributed by atoms with Crippen molar-refractivity contribution in [3.63, 3.8) is 0 Å². The molecule has 0 spiro atoms. The van der Waals surface area contributed by atoms with Crippen LogP contribution in [0.4, 0.5) is 23.5 Å². The van der Waals surface area contributed by atoms with Crippen molar-refractivity contribution in [2.45, 2.75) is 50.7 Å². The molecule has 2 aromatic rings. The first-order valence-electron chi connectivity index (χ1n) is 12.2. The SMILES string of the molecule is OCC(O)CNc1nc(N2CCCCC2)nc2c(NCC(O)CO)nc(N3CCCCC3)nc12. The molecule has 12 nitrogen and oxygen atoms in total. The van der Waals surface area contributed by atoms with Gasteiger partial charge >= 0.3 is 0 Å². The maximum Gasteiger partial charge on any atom is 0.228 e. The van der Waals surface area contributed by atoms with Gasteiger partial charge in [-0.05, 0) is 38.5 Å². The molecule has 0 saturated carbocycles. The Bertz CT molecular complexity index is 862. The van der Waals surface area contributed by atoms with E-state index in [9.17, 15) is 20.4 Å². The minimum Gasteiger partial charge on any atom is -0.394 e. The van der Waals surface area contributed by atoms with Gasteiger partial charge in [0.25, 0.3) is 0 Å². The van der Waals surface area contributed by atoms with Crippen molar-refractivity contribution in [2.75, 3.05) is 72.9 Å². The zero-order valence-corrected chi connectivity index (χ0v) is 19.5. The van der Waals surface area contributed by atoms with Crippen LogP contribution in [-0.4, -0.2) is 105 Å². The number of aromatic nitrogens is 4. The molecular formula is C22H36N8O4. The Hall–Kier alpha value is -2.54. The van der Waals surface area contributed by atoms with E-state index in [0.717, 1.165) is 51.9 Å². The molecule has 6 N–H and O–H groups in total. The van der Waals surface area contributed by atoms with Crippen LogP contribution >= 0.6 is 0 Å². The van der Waals surface area contributed by atoms with Crippen LogP contribution in [0, 0.1) is 0 Å². The third-order valence-corrected chi connectivity index (χ3v) is 6.23. The van der Waals surface area contributed by atoms with Gasteiger partial charge in [0.1, 0.15) is 11.0 Å². The molecule has 2 aromatic heterocycles. The summed E-state index contributed by atoms with van der Waals surface area (Å²) in [4.78, 5) is 23.4. The molecule has 2 unspecified atom stereocenters. The second-order valence-electron chi connectivity index (χ2n) is 8.97. The van der Waals surface area contributed by atoms with Crippen LogP contribution < -0.4 is 20.4 Å². The van der Waals surface area contributed by atoms with Gasteiger partial charge in [-0.15, -0.1) is 0 Å². The fourth-order valence-corrected chi connectivity index (χ4v) is 4.27. The van der Waals surface area contributed by atoms with Gasteiger partial charge in [0, 0.05) is 39.3 Å². The molecule has 34 heavy (non-hydrogen) atoms. The molecule has 0 amide bonds. The van der Waals surface area contributed by atoms with Crippen molar-refractivity contribution < 1.29 is 20.4 Å². The molecular weight excluding hydrogens is 440 g/mol. The first kappa shape index (κ1) is 24.6. The molecule has 0 aromatic carbocycles. The number of nitrogens with zero attached hydrogens (tertiary/aromatic N) is 6. The number of aliphatic hydroxyl groups is 4. The Labute approximate surface area is 199 Å². The van der Waals surface area contributed by atoms with Gasteiger partial charge in [-0.25, -0.2) is 9.97 Å². The van der Waals surface area contributed by atoms with E-state index in [4.69, 9.17) is 19.9 Å². The van der Waals surface area contributed by atoms with Crippen LogP contribution in [0.1, 0.15) is 38.5 Å². The molecule has 2 fully saturated rings. The van der Waals surface area contributed by atoms with Gasteiger partial charge in [0.05, 0.1) is 25.4 Å². The third kappa shape index (κ3) is 5.93. The fraction of sp³-hybridized carbons (Fsp3) is 0.727. The number of fused-ring (bicyclic) bond motifs is 1. The van der Waals surface area contributed by atoms with Crippen LogP contribution in [0.2, 0.25) is 0 Å². The van der Waals surface area contributed by atoms with Crippen molar-refractivity contribution in [1.29, 1.82) is 0 Å². The third-order valence-electron chi connectivity index (χ3n) is 6.23. The van der Waals surface area contributed by atoms with Crippen molar-refractivity contribution in [2.24, 2.45) is 0 Å². The first-order valence-corrected chi connectivity index (χ1v) is 12.2. The van der Waals surface area contributed by atoms with Crippen LogP contribution in [0.3, 0.4) is 0 Å². The summed E-state index contributed by atoms with van der Waals surface area (Å²) in [5.41, 5.74) is 1.00. The Morgan fingerprint density at radius 2 is 1.00 bits per heavy atom. The van der Waals surface area contributed by atoms with Crippen LogP contribution in [0.25, 0.3) is 11.0 Å². The molecule has 0 bridgehead atoms. The molecule has 0 radical (unpaired) electrons. The van der Waals surface area contributed by atoms with E-state index in [1.165, 1.54) is 12.8 Å². The van der Waals surface area contributed by atoms with Crippen molar-refractivity contribution >= 4 is 34.6 Å². The summed E-state index contributed by atoms with van der Waals surface area (Å²) in [6.45, 7) is 2.88. The number of anilines is 4. The van der Waals surface area contributed by atoms with Crippen molar-refractivity contribution in [3.8, 4) is 0 Å². The van der Waals surface area contributed by atoms with Crippen LogP contribution in [0.15, 0.2) is 0 Å². The van der Waals surface area contributed by atoms with E-state index in [0.29, 0.717) is 34.6 Å². The second-order valence-corrected chi connectivity index (χ2v) is 8.97. The number of aliphatic hydroxyl groups excluding tert-OH is 4. The minimum absolute atomic E-state index is 0.108. The number of piperidine rings is 2. The molecule has 4 heterocycles. The summed E-state index contributed by atoms with van der Waals surface area (Å²) in [6, 6.07) is 0. The van der Waals surface area contributed by atoms with E-state index >= 15 is 0 Å². The average Bonchev–Trinajstić information content (AvgIpc) is 2.90. The van der Waals surface area contributed by atoms with E-state index in [2.05, 4.69) is 20.4 Å². The predicted octanol–water partition coefficient (Wildman–Crippen LogP) is -0.0694. The first-order chi connectivity index (χ1) is 16.6. The molecule has 2 aliphatic heterocycles. The summed E-state index contributed by atoms with van der Waals surface area (Å²) in [6.07, 6.45) is 4.71. The largest absolute Gasteiger partial charge is 0.394 e. The number of rotatable bonds is 10. The Morgan fingerprint density at radius 1 is 0.618 bits per heavy atom. The predicted molar refractivity (Wildman–Crippen MR) is 130 cm³/mol. The van der Waals surface area contributed by atoms with Gasteiger partial charge in [-0.3, -0.25) is 0 Å². The van der Waals surface area contributed by atoms with Gasteiger partial charge in [-0.1, -0.05) is 0 Å². The number of hydrogen-bond acceptors (Lipinski definition) is 12. The molecule has 4 rings (SSSR count). The average molecular weight is 477 g/mol. The van der Waals surface area contributed by atoms with Gasteiger partial charge in [0.15, 0.2) is 11.6 Å². The quantitative estimate of drug-likeness (QED) is 0.271. The molecule has 12 heteroatoms. The second kappa shape index (κ2) is 11.7. The molecule has 2 saturated heterocycles. The number of nitrogens with one attached hydrogen (secondary N) is 2. The lowest BCUT2D eigenvalue weighted by Crippen LogP contribution is -2.33. The summed E-state index contributed by atoms with van der Waals surface area (Å²) >= 11 is 0. The summed E-state index contributed by atoms with van der Waals surface area (Å²) < 4.78 is 0. The zero-order valence-electron chi connectivity index (χ0n) is 19.5. The lowest BCUT2D eigenvalue weighted by Gasteiger charge is -2.29. The molecule has 188 valence electrons. The topological polar surface area (TPSA) is 163 Å². The van der Waals surface area contributed by atoms with E-state index < -0.39 is 12.2 Å². The zero-order chi connectivity index (χ0) is 23.9. The monoisotopic (exact) mass is 476 g/mol. The highest BCUT2D eigenvalue weighted by Crippen LogP contribution is 2.30. The van der Waals surface area contributed by atoms with E-state index in [1.54, 1.807) is 0 Å². The Kier molecular flexibility index (Phi) is 8.48. The molecule has 2 aliphatic rings. The van der Waals surface area contributed by atoms with Gasteiger partial charge in [0.2, 0.25) is 11.9 Å². The molecule has 0 aliphatic carbocycles. The van der Waals surface area contributed by atoms with Crippen LogP contribution in [-0.2, 0) is 0 Å². The lowest BCUT2D eigenvalue weighted by molar-refractivity contribution is 0.105. The highest BCUT2D eigenvalue weighted by Gasteiger charge is 2.23. The van der Waals surface area contributed by atoms with E-state index in [-0.39, 0.29) is 26.3 Å². The van der Waals surface area contributed by atoms with Gasteiger partial charge < -0.3 is 40.9 Å². The summed E-state index contributed by atoms with van der Waals surface area (Å²) in [5.74, 6) is 2.02. The normalized spacial score (nSPS) is 18.7. The van der Waals surface area contributed by atoms with E-state index in [1.807, 2.05) is 0 Å². The minimum atomic E-state index is -0.941. The fourth-order valence-electron chi connectivity index (χ4n) is 4.27. The molecule has 2 atom stereocenters. The maximum absolute atomic E-state index is 9.92. The lowest BCUT2D eigenvalue weighted by atomic mass is 10.1. The number of hydrogen-bond donors (Lipinski definition) is 6. The summed E-state index contributed by atoms with van der Waals surface area (Å²) in [5, 5.41) is 44.7. The highest BCUT2D eigenvalue weighted by atomic mass is 16.3. The Balaban J connectivity index is 1.79. The van der Waals surface area contributed by atoms with Crippen LogP contribution in [0.5, 0.6) is 0 Å². The van der Waals surface area contributed by atoms with Gasteiger partial charge in [-0.2, -0.15) is 9.97 Å². The van der Waals surface area contributed by atoms with Crippen molar-refractivity contribution in [3.05, 3.63) is 0 Å². The van der Waals surface area contributed by atoms with Crippen molar-refractivity contribution in [1.82, 2.24) is 19.9 Å². The Morgan fingerprint density at radius 3 is 1.35 bits per heavy atom. The smallest absolute Gasteiger partial charge is 0.228 e. The maximum atomic E-state index is 9.92. The summed E-state index contributed by atoms with van der Waals surface area (Å²) in [7, 11) is 0.